The summed E-state index contributed by atoms with van der Waals surface area (Å²) in [6, 6.07) is 9.80. The van der Waals surface area contributed by atoms with Crippen LogP contribution in [0.2, 0.25) is 0 Å². The second-order valence-electron chi connectivity index (χ2n) is 9.92. The summed E-state index contributed by atoms with van der Waals surface area (Å²) in [5.74, 6) is 0.346. The van der Waals surface area contributed by atoms with Gasteiger partial charge in [-0.2, -0.15) is 4.31 Å². The number of ether oxygens (including phenoxy) is 3. The standard InChI is InChI=1S/C28H34N4O7S2/c1-4-38-28(34)30-13-15-31(16-14-30)41(35,36)22-10-8-20(9-11-22)26(33)32(18-21-6-5-17-39-21)27-29-24-23(37-3)12-7-19(2)25(24)40-27/h7-12,21H,4-6,13-18H2,1-3H3. The van der Waals surface area contributed by atoms with Crippen LogP contribution < -0.4 is 9.64 Å². The predicted molar refractivity (Wildman–Crippen MR) is 155 cm³/mol. The number of piperazine rings is 1. The monoisotopic (exact) mass is 602 g/mol. The number of anilines is 1. The molecule has 3 aromatic rings. The van der Waals surface area contributed by atoms with Crippen molar-refractivity contribution < 1.29 is 32.2 Å². The van der Waals surface area contributed by atoms with Gasteiger partial charge in [0, 0.05) is 38.3 Å². The van der Waals surface area contributed by atoms with Crippen LogP contribution in [0.5, 0.6) is 5.75 Å². The Morgan fingerprint density at radius 1 is 1.12 bits per heavy atom. The Labute approximate surface area is 243 Å². The third-order valence-corrected chi connectivity index (χ3v) is 10.4. The van der Waals surface area contributed by atoms with E-state index in [0.717, 1.165) is 23.1 Å². The number of fused-ring (bicyclic) bond motifs is 1. The summed E-state index contributed by atoms with van der Waals surface area (Å²) in [6.45, 7) is 5.80. The molecule has 0 radical (unpaired) electrons. The van der Waals surface area contributed by atoms with Gasteiger partial charge in [-0.3, -0.25) is 9.69 Å². The van der Waals surface area contributed by atoms with Crippen LogP contribution in [0.4, 0.5) is 9.93 Å². The first kappa shape index (κ1) is 29.2. The molecule has 2 amide bonds. The number of amides is 2. The zero-order valence-corrected chi connectivity index (χ0v) is 25.0. The predicted octanol–water partition coefficient (Wildman–Crippen LogP) is 3.90. The number of aromatic nitrogens is 1. The highest BCUT2D eigenvalue weighted by molar-refractivity contribution is 7.89. The van der Waals surface area contributed by atoms with Gasteiger partial charge >= 0.3 is 6.09 Å². The van der Waals surface area contributed by atoms with Crippen molar-refractivity contribution in [3.05, 3.63) is 47.5 Å². The maximum atomic E-state index is 13.9. The van der Waals surface area contributed by atoms with E-state index in [2.05, 4.69) is 0 Å². The molecule has 1 atom stereocenters. The normalized spacial score (nSPS) is 18.0. The molecule has 11 nitrogen and oxygen atoms in total. The minimum absolute atomic E-state index is 0.0876. The van der Waals surface area contributed by atoms with E-state index < -0.39 is 16.1 Å². The van der Waals surface area contributed by atoms with E-state index >= 15 is 0 Å². The Hall–Kier alpha value is -3.26. The number of nitrogens with zero attached hydrogens (tertiary/aromatic N) is 4. The Morgan fingerprint density at radius 3 is 2.49 bits per heavy atom. The minimum atomic E-state index is -3.80. The molecule has 41 heavy (non-hydrogen) atoms. The van der Waals surface area contributed by atoms with Gasteiger partial charge in [0.15, 0.2) is 5.13 Å². The van der Waals surface area contributed by atoms with Crippen LogP contribution in [0.25, 0.3) is 10.2 Å². The molecule has 2 fully saturated rings. The fraction of sp³-hybridized carbons (Fsp3) is 0.464. The summed E-state index contributed by atoms with van der Waals surface area (Å²) in [5.41, 5.74) is 2.07. The largest absolute Gasteiger partial charge is 0.494 e. The zero-order chi connectivity index (χ0) is 29.1. The van der Waals surface area contributed by atoms with Gasteiger partial charge in [-0.05, 0) is 62.6 Å². The lowest BCUT2D eigenvalue weighted by Gasteiger charge is -2.33. The van der Waals surface area contributed by atoms with Crippen molar-refractivity contribution >= 4 is 48.7 Å². The Bertz CT molecular complexity index is 1510. The number of hydrogen-bond donors (Lipinski definition) is 0. The molecular formula is C28H34N4O7S2. The van der Waals surface area contributed by atoms with E-state index in [9.17, 15) is 18.0 Å². The van der Waals surface area contributed by atoms with Gasteiger partial charge in [0.05, 0.1) is 36.0 Å². The van der Waals surface area contributed by atoms with Crippen molar-refractivity contribution in [2.75, 3.05) is 57.9 Å². The average molecular weight is 603 g/mol. The Balaban J connectivity index is 1.37. The van der Waals surface area contributed by atoms with Crippen molar-refractivity contribution in [1.29, 1.82) is 0 Å². The second-order valence-corrected chi connectivity index (χ2v) is 12.8. The summed E-state index contributed by atoms with van der Waals surface area (Å²) in [6.07, 6.45) is 1.22. The summed E-state index contributed by atoms with van der Waals surface area (Å²) in [4.78, 5) is 33.8. The number of benzene rings is 2. The van der Waals surface area contributed by atoms with E-state index in [-0.39, 0.29) is 49.7 Å². The number of carbonyl (C=O) groups is 2. The molecule has 0 bridgehead atoms. The quantitative estimate of drug-likeness (QED) is 0.381. The molecule has 0 saturated carbocycles. The van der Waals surface area contributed by atoms with E-state index in [1.165, 1.54) is 44.8 Å². The molecule has 0 N–H and O–H groups in total. The summed E-state index contributed by atoms with van der Waals surface area (Å²) >= 11 is 1.42. The molecule has 2 saturated heterocycles. The maximum Gasteiger partial charge on any atom is 0.409 e. The van der Waals surface area contributed by atoms with Crippen molar-refractivity contribution in [3.8, 4) is 5.75 Å². The van der Waals surface area contributed by atoms with Gasteiger partial charge in [0.25, 0.3) is 5.91 Å². The van der Waals surface area contributed by atoms with Gasteiger partial charge in [0.1, 0.15) is 11.3 Å². The molecule has 1 unspecified atom stereocenters. The van der Waals surface area contributed by atoms with Gasteiger partial charge in [-0.25, -0.2) is 18.2 Å². The number of aryl methyl sites for hydroxylation is 1. The number of hydrogen-bond acceptors (Lipinski definition) is 9. The van der Waals surface area contributed by atoms with Crippen LogP contribution in [0, 0.1) is 6.92 Å². The highest BCUT2D eigenvalue weighted by atomic mass is 32.2. The smallest absolute Gasteiger partial charge is 0.409 e. The van der Waals surface area contributed by atoms with Crippen molar-refractivity contribution in [2.24, 2.45) is 0 Å². The molecule has 2 aliphatic rings. The lowest BCUT2D eigenvalue weighted by Crippen LogP contribution is -2.50. The first-order chi connectivity index (χ1) is 19.7. The van der Waals surface area contributed by atoms with Gasteiger partial charge < -0.3 is 19.1 Å². The van der Waals surface area contributed by atoms with Gasteiger partial charge in [0.2, 0.25) is 10.0 Å². The Morgan fingerprint density at radius 2 is 1.85 bits per heavy atom. The molecule has 220 valence electrons. The van der Waals surface area contributed by atoms with Crippen LogP contribution in [-0.4, -0.2) is 93.8 Å². The summed E-state index contributed by atoms with van der Waals surface area (Å²) in [5, 5.41) is 0.532. The molecule has 5 rings (SSSR count). The summed E-state index contributed by atoms with van der Waals surface area (Å²) in [7, 11) is -2.21. The lowest BCUT2D eigenvalue weighted by atomic mass is 10.2. The first-order valence-electron chi connectivity index (χ1n) is 13.6. The van der Waals surface area contributed by atoms with Gasteiger partial charge in [-0.15, -0.1) is 0 Å². The highest BCUT2D eigenvalue weighted by Gasteiger charge is 2.32. The molecule has 2 aliphatic heterocycles. The number of carbonyl (C=O) groups excluding carboxylic acids is 2. The SMILES string of the molecule is CCOC(=O)N1CCN(S(=O)(=O)c2ccc(C(=O)N(CC3CCCO3)c3nc4c(OC)ccc(C)c4s3)cc2)CC1. The fourth-order valence-electron chi connectivity index (χ4n) is 5.02. The first-order valence-corrected chi connectivity index (χ1v) is 15.9. The number of methoxy groups -OCH3 is 1. The minimum Gasteiger partial charge on any atom is -0.494 e. The van der Waals surface area contributed by atoms with E-state index in [1.807, 2.05) is 19.1 Å². The molecule has 0 aliphatic carbocycles. The van der Waals surface area contributed by atoms with E-state index in [4.69, 9.17) is 19.2 Å². The third-order valence-electron chi connectivity index (χ3n) is 7.30. The van der Waals surface area contributed by atoms with Crippen molar-refractivity contribution in [3.63, 3.8) is 0 Å². The van der Waals surface area contributed by atoms with Crippen LogP contribution in [-0.2, 0) is 19.5 Å². The topological polar surface area (TPSA) is 119 Å². The molecular weight excluding hydrogens is 568 g/mol. The maximum absolute atomic E-state index is 13.9. The highest BCUT2D eigenvalue weighted by Crippen LogP contribution is 2.37. The second kappa shape index (κ2) is 12.3. The molecule has 13 heteroatoms. The van der Waals surface area contributed by atoms with Crippen LogP contribution in [0.15, 0.2) is 41.3 Å². The van der Waals surface area contributed by atoms with E-state index in [0.29, 0.717) is 35.1 Å². The van der Waals surface area contributed by atoms with Crippen LogP contribution >= 0.6 is 11.3 Å². The van der Waals surface area contributed by atoms with Crippen LogP contribution in [0.3, 0.4) is 0 Å². The van der Waals surface area contributed by atoms with Gasteiger partial charge in [-0.1, -0.05) is 17.4 Å². The zero-order valence-electron chi connectivity index (χ0n) is 23.4. The lowest BCUT2D eigenvalue weighted by molar-refractivity contribution is 0.0916. The fourth-order valence-corrected chi connectivity index (χ4v) is 7.50. The summed E-state index contributed by atoms with van der Waals surface area (Å²) < 4.78 is 45.3. The molecule has 3 heterocycles. The number of sulfonamides is 1. The third kappa shape index (κ3) is 6.03. The number of rotatable bonds is 8. The number of thiazole rings is 1. The molecule has 0 spiro atoms. The Kier molecular flexibility index (Phi) is 8.78. The molecule has 1 aromatic heterocycles. The van der Waals surface area contributed by atoms with E-state index in [1.54, 1.807) is 18.9 Å². The van der Waals surface area contributed by atoms with Crippen LogP contribution in [0.1, 0.15) is 35.7 Å². The van der Waals surface area contributed by atoms with Crippen molar-refractivity contribution in [1.82, 2.24) is 14.2 Å². The molecule has 2 aromatic carbocycles. The average Bonchev–Trinajstić information content (AvgIpc) is 3.67. The van der Waals surface area contributed by atoms with Crippen molar-refractivity contribution in [2.45, 2.75) is 37.7 Å².